The summed E-state index contributed by atoms with van der Waals surface area (Å²) in [4.78, 5) is 0. The molecule has 2 nitrogen and oxygen atoms in total. The van der Waals surface area contributed by atoms with Crippen LogP contribution in [0.1, 0.15) is 171 Å². The summed E-state index contributed by atoms with van der Waals surface area (Å²) in [6.07, 6.45) is 8.47. The Bertz CT molecular complexity index is 2160. The lowest BCUT2D eigenvalue weighted by molar-refractivity contribution is 0.398. The SMILES string of the molecule is COc1c(C(C)(C)C)cc2c(c1-c1ccc(C(C)(C)C)cc1)C=C(C)C2NC1C(C)=Cc2c1cc1c(c2-c2cc(C(C)(C)C)cc(C(C)(C)C)c2)CCC1. The maximum Gasteiger partial charge on any atom is 0.131 e. The quantitative estimate of drug-likeness (QED) is 0.222. The van der Waals surface area contributed by atoms with E-state index in [9.17, 15) is 0 Å². The van der Waals surface area contributed by atoms with Crippen molar-refractivity contribution in [3.05, 3.63) is 121 Å². The number of aryl methyl sites for hydroxylation is 1. The van der Waals surface area contributed by atoms with Gasteiger partial charge in [0.1, 0.15) is 5.75 Å². The highest BCUT2D eigenvalue weighted by molar-refractivity contribution is 5.89. The van der Waals surface area contributed by atoms with E-state index in [2.05, 4.69) is 169 Å². The van der Waals surface area contributed by atoms with Crippen molar-refractivity contribution >= 4 is 12.2 Å². The van der Waals surface area contributed by atoms with Gasteiger partial charge in [-0.15, -0.1) is 0 Å². The molecule has 0 saturated carbocycles. The number of nitrogens with one attached hydrogen (secondary N) is 1. The van der Waals surface area contributed by atoms with Crippen LogP contribution in [0.25, 0.3) is 34.4 Å². The summed E-state index contributed by atoms with van der Waals surface area (Å²) in [6.45, 7) is 32.5. The first-order valence-corrected chi connectivity index (χ1v) is 20.4. The highest BCUT2D eigenvalue weighted by Crippen LogP contribution is 2.52. The lowest BCUT2D eigenvalue weighted by atomic mass is 9.77. The summed E-state index contributed by atoms with van der Waals surface area (Å²) in [6, 6.07) is 21.9. The fourth-order valence-electron chi connectivity index (χ4n) is 9.16. The van der Waals surface area contributed by atoms with Crippen molar-refractivity contribution in [2.24, 2.45) is 0 Å². The number of fused-ring (bicyclic) bond motifs is 3. The van der Waals surface area contributed by atoms with Crippen LogP contribution in [0.4, 0.5) is 0 Å². The Morgan fingerprint density at radius 2 is 1.07 bits per heavy atom. The van der Waals surface area contributed by atoms with Crippen LogP contribution in [0.5, 0.6) is 5.75 Å². The Morgan fingerprint density at radius 1 is 0.556 bits per heavy atom. The molecule has 7 rings (SSSR count). The summed E-state index contributed by atoms with van der Waals surface area (Å²) in [5.41, 5.74) is 22.2. The van der Waals surface area contributed by atoms with Gasteiger partial charge in [0.2, 0.25) is 0 Å². The van der Waals surface area contributed by atoms with Gasteiger partial charge in [-0.3, -0.25) is 5.32 Å². The molecule has 0 amide bonds. The standard InChI is InChI=1S/C52H65NO/c1-30-23-39-41(27-33-17-16-18-38(33)44(39)34-25-36(50(6,7)8)28-37(26-34)51(9,10)11)46(30)53-47-31(2)24-40-42(47)29-43(52(12,13)14)48(54-15)45(40)32-19-21-35(22-20-32)49(3,4)5/h19-29,46-47,53H,16-18H2,1-15H3. The number of hydrogen-bond acceptors (Lipinski definition) is 2. The Balaban J connectivity index is 1.37. The van der Waals surface area contributed by atoms with Gasteiger partial charge < -0.3 is 4.74 Å². The lowest BCUT2D eigenvalue weighted by Crippen LogP contribution is -2.27. The molecule has 2 atom stereocenters. The Kier molecular flexibility index (Phi) is 9.33. The molecule has 0 saturated heterocycles. The molecule has 284 valence electrons. The van der Waals surface area contributed by atoms with Gasteiger partial charge in [-0.05, 0) is 128 Å². The van der Waals surface area contributed by atoms with Crippen LogP contribution in [0.15, 0.2) is 65.7 Å². The fraction of sp³-hybridized carbons (Fsp3) is 0.462. The second-order valence-electron chi connectivity index (χ2n) is 20.8. The van der Waals surface area contributed by atoms with E-state index in [0.717, 1.165) is 18.6 Å². The van der Waals surface area contributed by atoms with E-state index >= 15 is 0 Å². The third-order valence-electron chi connectivity index (χ3n) is 12.4. The molecule has 0 heterocycles. The molecule has 3 aliphatic carbocycles. The third-order valence-corrected chi connectivity index (χ3v) is 12.4. The highest BCUT2D eigenvalue weighted by atomic mass is 16.5. The predicted octanol–water partition coefficient (Wildman–Crippen LogP) is 13.9. The Hall–Kier alpha value is -3.88. The summed E-state index contributed by atoms with van der Waals surface area (Å²) in [5, 5.41) is 4.28. The van der Waals surface area contributed by atoms with E-state index in [4.69, 9.17) is 4.74 Å². The molecule has 3 aliphatic rings. The van der Waals surface area contributed by atoms with Gasteiger partial charge >= 0.3 is 0 Å². The maximum absolute atomic E-state index is 6.35. The van der Waals surface area contributed by atoms with E-state index in [1.165, 1.54) is 89.9 Å². The van der Waals surface area contributed by atoms with E-state index in [0.29, 0.717) is 0 Å². The Labute approximate surface area is 327 Å². The second-order valence-corrected chi connectivity index (χ2v) is 20.8. The van der Waals surface area contributed by atoms with Crippen molar-refractivity contribution in [1.29, 1.82) is 0 Å². The monoisotopic (exact) mass is 720 g/mol. The summed E-state index contributed by atoms with van der Waals surface area (Å²) < 4.78 is 6.35. The van der Waals surface area contributed by atoms with Crippen molar-refractivity contribution in [1.82, 2.24) is 5.32 Å². The van der Waals surface area contributed by atoms with Gasteiger partial charge in [0.05, 0.1) is 19.2 Å². The molecule has 0 fully saturated rings. The normalized spacial score (nSPS) is 18.4. The van der Waals surface area contributed by atoms with Gasteiger partial charge in [0.25, 0.3) is 0 Å². The smallest absolute Gasteiger partial charge is 0.131 e. The molecular formula is C52H65NO. The first-order chi connectivity index (χ1) is 25.1. The zero-order valence-corrected chi connectivity index (χ0v) is 36.0. The predicted molar refractivity (Wildman–Crippen MR) is 233 cm³/mol. The van der Waals surface area contributed by atoms with Crippen LogP contribution >= 0.6 is 0 Å². The van der Waals surface area contributed by atoms with Crippen LogP contribution in [0.3, 0.4) is 0 Å². The van der Waals surface area contributed by atoms with Gasteiger partial charge in [-0.25, -0.2) is 0 Å². The van der Waals surface area contributed by atoms with Crippen molar-refractivity contribution < 1.29 is 4.74 Å². The molecule has 2 heteroatoms. The molecule has 0 radical (unpaired) electrons. The van der Waals surface area contributed by atoms with Crippen molar-refractivity contribution in [2.45, 2.75) is 150 Å². The largest absolute Gasteiger partial charge is 0.496 e. The van der Waals surface area contributed by atoms with E-state index in [1.54, 1.807) is 5.56 Å². The zero-order chi connectivity index (χ0) is 39.3. The minimum atomic E-state index is -0.0970. The first-order valence-electron chi connectivity index (χ1n) is 20.4. The van der Waals surface area contributed by atoms with Crippen molar-refractivity contribution in [3.63, 3.8) is 0 Å². The fourth-order valence-corrected chi connectivity index (χ4v) is 9.16. The Morgan fingerprint density at radius 3 is 1.57 bits per heavy atom. The molecule has 0 aromatic heterocycles. The molecule has 4 aromatic carbocycles. The number of methoxy groups -OCH3 is 1. The number of hydrogen-bond donors (Lipinski definition) is 1. The first kappa shape index (κ1) is 38.4. The zero-order valence-electron chi connectivity index (χ0n) is 36.0. The molecule has 54 heavy (non-hydrogen) atoms. The maximum atomic E-state index is 6.35. The second kappa shape index (κ2) is 13.1. The van der Waals surface area contributed by atoms with Crippen LogP contribution in [-0.4, -0.2) is 7.11 Å². The number of ether oxygens (including phenoxy) is 1. The van der Waals surface area contributed by atoms with Gasteiger partial charge in [-0.1, -0.05) is 155 Å². The average molecular weight is 720 g/mol. The molecule has 4 aromatic rings. The summed E-state index contributed by atoms with van der Waals surface area (Å²) in [5.74, 6) is 0.990. The van der Waals surface area contributed by atoms with Crippen LogP contribution in [0.2, 0.25) is 0 Å². The van der Waals surface area contributed by atoms with Gasteiger partial charge in [0.15, 0.2) is 0 Å². The summed E-state index contributed by atoms with van der Waals surface area (Å²) in [7, 11) is 1.84. The molecule has 1 N–H and O–H groups in total. The minimum Gasteiger partial charge on any atom is -0.496 e. The average Bonchev–Trinajstić information content (AvgIpc) is 3.76. The molecule has 0 aliphatic heterocycles. The van der Waals surface area contributed by atoms with Gasteiger partial charge in [-0.2, -0.15) is 0 Å². The number of rotatable bonds is 5. The summed E-state index contributed by atoms with van der Waals surface area (Å²) >= 11 is 0. The highest BCUT2D eigenvalue weighted by Gasteiger charge is 2.37. The molecule has 0 spiro atoms. The van der Waals surface area contributed by atoms with E-state index in [-0.39, 0.29) is 33.7 Å². The third kappa shape index (κ3) is 6.72. The van der Waals surface area contributed by atoms with E-state index < -0.39 is 0 Å². The molecule has 2 unspecified atom stereocenters. The topological polar surface area (TPSA) is 21.3 Å². The minimum absolute atomic E-state index is 0.0643. The van der Waals surface area contributed by atoms with Crippen LogP contribution in [-0.2, 0) is 34.5 Å². The van der Waals surface area contributed by atoms with Crippen molar-refractivity contribution in [2.75, 3.05) is 7.11 Å². The molecule has 0 bridgehead atoms. The van der Waals surface area contributed by atoms with Crippen LogP contribution < -0.4 is 10.1 Å². The van der Waals surface area contributed by atoms with Crippen LogP contribution in [0, 0.1) is 0 Å². The van der Waals surface area contributed by atoms with Crippen molar-refractivity contribution in [3.8, 4) is 28.0 Å². The molecular weight excluding hydrogens is 655 g/mol. The lowest BCUT2D eigenvalue weighted by Gasteiger charge is -2.30. The number of benzene rings is 4. The van der Waals surface area contributed by atoms with E-state index in [1.807, 2.05) is 7.11 Å². The van der Waals surface area contributed by atoms with Gasteiger partial charge in [0, 0.05) is 11.1 Å².